The molecular formula is C21H24ClN5O2S. The standard InChI is InChI=1S/C21H24ClN5O2S/c1-15-9-10-16(29-15)13-25(2)19(28)14-30-21-24-23-20(26-11-5-6-12-26)27(21)18-8-4-3-7-17(18)22/h3-4,7-10H,5-6,11-14H2,1-2H3. The van der Waals surface area contributed by atoms with Crippen LogP contribution in [0.15, 0.2) is 46.0 Å². The number of carbonyl (C=O) groups excluding carboxylic acids is 1. The topological polar surface area (TPSA) is 67.4 Å². The van der Waals surface area contributed by atoms with Crippen molar-refractivity contribution in [3.05, 3.63) is 52.9 Å². The van der Waals surface area contributed by atoms with Crippen LogP contribution in [0.2, 0.25) is 5.02 Å². The summed E-state index contributed by atoms with van der Waals surface area (Å²) in [5, 5.41) is 10.1. The number of halogens is 1. The van der Waals surface area contributed by atoms with E-state index in [2.05, 4.69) is 15.1 Å². The third kappa shape index (κ3) is 4.49. The number of furan rings is 1. The number of hydrogen-bond donors (Lipinski definition) is 0. The zero-order valence-corrected chi connectivity index (χ0v) is 18.6. The van der Waals surface area contributed by atoms with Gasteiger partial charge in [0.1, 0.15) is 11.5 Å². The first-order valence-electron chi connectivity index (χ1n) is 9.90. The number of nitrogens with zero attached hydrogens (tertiary/aromatic N) is 5. The minimum absolute atomic E-state index is 0.00881. The highest BCUT2D eigenvalue weighted by Gasteiger charge is 2.24. The highest BCUT2D eigenvalue weighted by Crippen LogP contribution is 2.32. The highest BCUT2D eigenvalue weighted by atomic mass is 35.5. The number of aryl methyl sites for hydroxylation is 1. The molecule has 0 N–H and O–H groups in total. The van der Waals surface area contributed by atoms with Gasteiger partial charge in [0.2, 0.25) is 11.9 Å². The Labute approximate surface area is 185 Å². The van der Waals surface area contributed by atoms with Gasteiger partial charge >= 0.3 is 0 Å². The van der Waals surface area contributed by atoms with E-state index in [1.54, 1.807) is 11.9 Å². The van der Waals surface area contributed by atoms with Gasteiger partial charge in [-0.3, -0.25) is 9.36 Å². The summed E-state index contributed by atoms with van der Waals surface area (Å²) in [6.07, 6.45) is 2.26. The van der Waals surface area contributed by atoms with Gasteiger partial charge in [-0.05, 0) is 44.0 Å². The first-order valence-corrected chi connectivity index (χ1v) is 11.3. The molecule has 0 radical (unpaired) electrons. The fourth-order valence-corrected chi connectivity index (χ4v) is 4.55. The molecule has 158 valence electrons. The number of hydrogen-bond acceptors (Lipinski definition) is 6. The SMILES string of the molecule is Cc1ccc(CN(C)C(=O)CSc2nnc(N3CCCC3)n2-c2ccccc2Cl)o1. The van der Waals surface area contributed by atoms with Crippen LogP contribution >= 0.6 is 23.4 Å². The number of carbonyl (C=O) groups is 1. The van der Waals surface area contributed by atoms with E-state index in [-0.39, 0.29) is 11.7 Å². The van der Waals surface area contributed by atoms with Gasteiger partial charge in [-0.2, -0.15) is 0 Å². The molecule has 9 heteroatoms. The van der Waals surface area contributed by atoms with Crippen LogP contribution in [0, 0.1) is 6.92 Å². The van der Waals surface area contributed by atoms with Gasteiger partial charge in [-0.1, -0.05) is 35.5 Å². The Morgan fingerprint density at radius 3 is 2.67 bits per heavy atom. The van der Waals surface area contributed by atoms with Crippen LogP contribution in [-0.4, -0.2) is 51.5 Å². The van der Waals surface area contributed by atoms with Crippen molar-refractivity contribution in [2.45, 2.75) is 31.5 Å². The number of para-hydroxylation sites is 1. The number of rotatable bonds is 7. The van der Waals surface area contributed by atoms with Crippen molar-refractivity contribution in [2.75, 3.05) is 30.8 Å². The number of benzene rings is 1. The summed E-state index contributed by atoms with van der Waals surface area (Å²) in [6, 6.07) is 11.4. The van der Waals surface area contributed by atoms with Crippen LogP contribution < -0.4 is 4.90 Å². The molecule has 0 unspecified atom stereocenters. The molecule has 30 heavy (non-hydrogen) atoms. The summed E-state index contributed by atoms with van der Waals surface area (Å²) in [7, 11) is 1.77. The molecule has 0 saturated carbocycles. The smallest absolute Gasteiger partial charge is 0.233 e. The molecule has 2 aromatic heterocycles. The van der Waals surface area contributed by atoms with E-state index >= 15 is 0 Å². The van der Waals surface area contributed by atoms with Crippen LogP contribution in [0.4, 0.5) is 5.95 Å². The number of anilines is 1. The van der Waals surface area contributed by atoms with Crippen LogP contribution in [0.3, 0.4) is 0 Å². The first kappa shape index (κ1) is 20.8. The first-order chi connectivity index (χ1) is 14.5. The maximum absolute atomic E-state index is 12.7. The van der Waals surface area contributed by atoms with Crippen molar-refractivity contribution >= 4 is 35.2 Å². The minimum atomic E-state index is -0.00881. The lowest BCUT2D eigenvalue weighted by molar-refractivity contribution is -0.127. The fraction of sp³-hybridized carbons (Fsp3) is 0.381. The molecule has 4 rings (SSSR count). The lowest BCUT2D eigenvalue weighted by Crippen LogP contribution is -2.27. The Morgan fingerprint density at radius 1 is 1.20 bits per heavy atom. The summed E-state index contributed by atoms with van der Waals surface area (Å²) in [6.45, 7) is 4.21. The average molecular weight is 446 g/mol. The van der Waals surface area contributed by atoms with Gasteiger partial charge in [0.15, 0.2) is 5.16 Å². The third-order valence-corrected chi connectivity index (χ3v) is 6.27. The van der Waals surface area contributed by atoms with Crippen LogP contribution in [-0.2, 0) is 11.3 Å². The van der Waals surface area contributed by atoms with Crippen LogP contribution in [0.5, 0.6) is 0 Å². The van der Waals surface area contributed by atoms with Crippen LogP contribution in [0.25, 0.3) is 5.69 Å². The summed E-state index contributed by atoms with van der Waals surface area (Å²) >= 11 is 7.85. The molecule has 0 spiro atoms. The number of aromatic nitrogens is 3. The predicted molar refractivity (Wildman–Crippen MR) is 118 cm³/mol. The molecular weight excluding hydrogens is 422 g/mol. The van der Waals surface area contributed by atoms with E-state index in [9.17, 15) is 4.79 Å². The summed E-state index contributed by atoms with van der Waals surface area (Å²) in [4.78, 5) is 16.5. The molecule has 0 aliphatic carbocycles. The van der Waals surface area contributed by atoms with Gasteiger partial charge in [0.25, 0.3) is 0 Å². The Bertz CT molecular complexity index is 1030. The van der Waals surface area contributed by atoms with Gasteiger partial charge in [-0.25, -0.2) is 0 Å². The van der Waals surface area contributed by atoms with Gasteiger partial charge < -0.3 is 14.2 Å². The van der Waals surface area contributed by atoms with Crippen molar-refractivity contribution in [3.8, 4) is 5.69 Å². The molecule has 1 amide bonds. The van der Waals surface area contributed by atoms with Gasteiger partial charge in [0.05, 0.1) is 23.0 Å². The molecule has 1 fully saturated rings. The quantitative estimate of drug-likeness (QED) is 0.508. The molecule has 7 nitrogen and oxygen atoms in total. The lowest BCUT2D eigenvalue weighted by Gasteiger charge is -2.19. The molecule has 0 bridgehead atoms. The lowest BCUT2D eigenvalue weighted by atomic mass is 10.3. The second-order valence-electron chi connectivity index (χ2n) is 7.31. The van der Waals surface area contributed by atoms with Crippen molar-refractivity contribution in [1.29, 1.82) is 0 Å². The number of amides is 1. The maximum atomic E-state index is 12.7. The highest BCUT2D eigenvalue weighted by molar-refractivity contribution is 7.99. The minimum Gasteiger partial charge on any atom is -0.464 e. The van der Waals surface area contributed by atoms with Crippen molar-refractivity contribution in [3.63, 3.8) is 0 Å². The molecule has 1 aromatic carbocycles. The Balaban J connectivity index is 1.52. The summed E-state index contributed by atoms with van der Waals surface area (Å²) < 4.78 is 7.53. The second-order valence-corrected chi connectivity index (χ2v) is 8.66. The van der Waals surface area contributed by atoms with Crippen LogP contribution in [0.1, 0.15) is 24.4 Å². The van der Waals surface area contributed by atoms with E-state index in [1.807, 2.05) is 47.9 Å². The fourth-order valence-electron chi connectivity index (χ4n) is 3.45. The van der Waals surface area contributed by atoms with Crippen molar-refractivity contribution < 1.29 is 9.21 Å². The third-order valence-electron chi connectivity index (χ3n) is 5.04. The summed E-state index contributed by atoms with van der Waals surface area (Å²) in [5.41, 5.74) is 0.820. The maximum Gasteiger partial charge on any atom is 0.233 e. The second kappa shape index (κ2) is 9.14. The molecule has 3 aromatic rings. The van der Waals surface area contributed by atoms with E-state index in [1.165, 1.54) is 11.8 Å². The van der Waals surface area contributed by atoms with E-state index in [4.69, 9.17) is 16.0 Å². The van der Waals surface area contributed by atoms with Gasteiger partial charge in [-0.15, -0.1) is 10.2 Å². The van der Waals surface area contributed by atoms with E-state index in [0.29, 0.717) is 16.7 Å². The zero-order chi connectivity index (χ0) is 21.1. The molecule has 1 aliphatic heterocycles. The van der Waals surface area contributed by atoms with Crippen molar-refractivity contribution in [1.82, 2.24) is 19.7 Å². The summed E-state index contributed by atoms with van der Waals surface area (Å²) in [5.74, 6) is 2.62. The Hall–Kier alpha value is -2.45. The molecule has 0 atom stereocenters. The average Bonchev–Trinajstić information content (AvgIpc) is 3.47. The normalized spacial score (nSPS) is 13.8. The Kier molecular flexibility index (Phi) is 6.34. The zero-order valence-electron chi connectivity index (χ0n) is 17.0. The molecule has 3 heterocycles. The molecule has 1 saturated heterocycles. The van der Waals surface area contributed by atoms with E-state index in [0.717, 1.165) is 49.1 Å². The largest absolute Gasteiger partial charge is 0.464 e. The number of thioether (sulfide) groups is 1. The van der Waals surface area contributed by atoms with E-state index < -0.39 is 0 Å². The van der Waals surface area contributed by atoms with Gasteiger partial charge in [0, 0.05) is 20.1 Å². The predicted octanol–water partition coefficient (Wildman–Crippen LogP) is 4.17. The molecule has 1 aliphatic rings. The Morgan fingerprint density at radius 2 is 1.97 bits per heavy atom. The van der Waals surface area contributed by atoms with Crippen molar-refractivity contribution in [2.24, 2.45) is 0 Å². The monoisotopic (exact) mass is 445 g/mol.